The number of benzene rings is 4. The first-order chi connectivity index (χ1) is 17.5. The van der Waals surface area contributed by atoms with Gasteiger partial charge in [0.05, 0.1) is 12.4 Å². The van der Waals surface area contributed by atoms with E-state index in [-0.39, 0.29) is 11.8 Å². The van der Waals surface area contributed by atoms with Crippen LogP contribution in [0.4, 0.5) is 0 Å². The Morgan fingerprint density at radius 3 is 1.28 bits per heavy atom. The molecule has 0 spiro atoms. The van der Waals surface area contributed by atoms with E-state index in [0.717, 1.165) is 11.1 Å². The van der Waals surface area contributed by atoms with E-state index < -0.39 is 0 Å². The van der Waals surface area contributed by atoms with Crippen LogP contribution in [0.1, 0.15) is 31.8 Å². The van der Waals surface area contributed by atoms with E-state index in [1.54, 1.807) is 48.5 Å². The van der Waals surface area contributed by atoms with E-state index in [2.05, 4.69) is 21.1 Å². The van der Waals surface area contributed by atoms with Gasteiger partial charge in [0.25, 0.3) is 11.8 Å². The summed E-state index contributed by atoms with van der Waals surface area (Å²) in [5.74, 6) is -0.677. The normalized spacial score (nSPS) is 11.1. The molecule has 0 radical (unpaired) electrons. The maximum Gasteiger partial charge on any atom is 0.271 e. The molecule has 0 aliphatic carbocycles. The Bertz CT molecular complexity index is 1320. The predicted octanol–water partition coefficient (Wildman–Crippen LogP) is 6.19. The molecule has 4 aromatic rings. The minimum absolute atomic E-state index is 0.339. The van der Waals surface area contributed by atoms with E-state index in [0.29, 0.717) is 32.3 Å². The number of halogens is 2. The Morgan fingerprint density at radius 2 is 0.917 bits per heavy atom. The molecule has 0 saturated carbocycles. The number of amides is 2. The van der Waals surface area contributed by atoms with Gasteiger partial charge in [0, 0.05) is 32.3 Å². The van der Waals surface area contributed by atoms with Crippen LogP contribution < -0.4 is 10.9 Å². The number of carbonyl (C=O) groups excluding carboxylic acids is 2. The molecule has 0 aliphatic heterocycles. The van der Waals surface area contributed by atoms with Gasteiger partial charge in [0.1, 0.15) is 0 Å². The quantitative estimate of drug-likeness (QED) is 0.227. The molecule has 0 bridgehead atoms. The topological polar surface area (TPSA) is 82.9 Å². The first-order valence-corrected chi connectivity index (χ1v) is 11.6. The molecule has 2 N–H and O–H groups in total. The Hall–Kier alpha value is -4.26. The molecular formula is C28H20Cl2N4O2. The molecule has 6 nitrogen and oxygen atoms in total. The van der Waals surface area contributed by atoms with Gasteiger partial charge in [-0.25, -0.2) is 10.9 Å². The highest BCUT2D eigenvalue weighted by molar-refractivity contribution is 6.33. The minimum Gasteiger partial charge on any atom is -0.267 e. The zero-order chi connectivity index (χ0) is 25.3. The second kappa shape index (κ2) is 11.9. The largest absolute Gasteiger partial charge is 0.271 e. The third kappa shape index (κ3) is 6.44. The van der Waals surface area contributed by atoms with Gasteiger partial charge in [-0.3, -0.25) is 9.59 Å². The van der Waals surface area contributed by atoms with Crippen molar-refractivity contribution in [2.24, 2.45) is 10.2 Å². The summed E-state index contributed by atoms with van der Waals surface area (Å²) in [6.07, 6.45) is 2.99. The lowest BCUT2D eigenvalue weighted by atomic mass is 10.0. The molecule has 0 heterocycles. The van der Waals surface area contributed by atoms with Crippen molar-refractivity contribution in [3.05, 3.63) is 129 Å². The average molecular weight is 515 g/mol. The smallest absolute Gasteiger partial charge is 0.267 e. The van der Waals surface area contributed by atoms with Crippen LogP contribution in [0.2, 0.25) is 10.0 Å². The lowest BCUT2D eigenvalue weighted by molar-refractivity contribution is 0.0947. The maximum atomic E-state index is 12.4. The molecule has 0 saturated heterocycles. The van der Waals surface area contributed by atoms with Crippen LogP contribution in [0, 0.1) is 0 Å². The Morgan fingerprint density at radius 1 is 0.556 bits per heavy atom. The summed E-state index contributed by atoms with van der Waals surface area (Å²) >= 11 is 12.1. The molecule has 2 amide bonds. The molecule has 8 heteroatoms. The lowest BCUT2D eigenvalue weighted by Crippen LogP contribution is -2.17. The van der Waals surface area contributed by atoms with Crippen LogP contribution >= 0.6 is 23.2 Å². The number of nitrogens with zero attached hydrogens (tertiary/aromatic N) is 2. The molecule has 0 aromatic heterocycles. The van der Waals surface area contributed by atoms with Crippen molar-refractivity contribution in [2.45, 2.75) is 0 Å². The average Bonchev–Trinajstić information content (AvgIpc) is 2.91. The number of rotatable bonds is 7. The minimum atomic E-state index is -0.339. The molecule has 4 rings (SSSR count). The molecule has 178 valence electrons. The van der Waals surface area contributed by atoms with Crippen molar-refractivity contribution < 1.29 is 9.59 Å². The van der Waals surface area contributed by atoms with Crippen LogP contribution in [0.25, 0.3) is 11.1 Å². The highest BCUT2D eigenvalue weighted by Crippen LogP contribution is 2.21. The maximum absolute atomic E-state index is 12.4. The fourth-order valence-electron chi connectivity index (χ4n) is 3.24. The SMILES string of the molecule is O=C(N/N=C/c1ccccc1Cl)c1ccc(-c2ccc(C(=O)N/N=C/c3ccccc3Cl)cc2)cc1. The summed E-state index contributed by atoms with van der Waals surface area (Å²) in [5, 5.41) is 9.03. The summed E-state index contributed by atoms with van der Waals surface area (Å²) in [5.41, 5.74) is 9.12. The van der Waals surface area contributed by atoms with E-state index in [4.69, 9.17) is 23.2 Å². The fourth-order valence-corrected chi connectivity index (χ4v) is 3.61. The highest BCUT2D eigenvalue weighted by atomic mass is 35.5. The predicted molar refractivity (Wildman–Crippen MR) is 145 cm³/mol. The number of carbonyl (C=O) groups is 2. The highest BCUT2D eigenvalue weighted by Gasteiger charge is 2.08. The lowest BCUT2D eigenvalue weighted by Gasteiger charge is -2.06. The van der Waals surface area contributed by atoms with Gasteiger partial charge < -0.3 is 0 Å². The molecule has 4 aromatic carbocycles. The summed E-state index contributed by atoms with van der Waals surface area (Å²) < 4.78 is 0. The molecule has 0 unspecified atom stereocenters. The summed E-state index contributed by atoms with van der Waals surface area (Å²) in [4.78, 5) is 24.7. The monoisotopic (exact) mass is 514 g/mol. The second-order valence-corrected chi connectivity index (χ2v) is 8.41. The van der Waals surface area contributed by atoms with Crippen LogP contribution in [0.5, 0.6) is 0 Å². The van der Waals surface area contributed by atoms with E-state index in [9.17, 15) is 9.59 Å². The van der Waals surface area contributed by atoms with Gasteiger partial charge in [-0.05, 0) is 47.5 Å². The Balaban J connectivity index is 1.34. The third-order valence-electron chi connectivity index (χ3n) is 5.18. The van der Waals surface area contributed by atoms with Gasteiger partial charge in [-0.2, -0.15) is 10.2 Å². The van der Waals surface area contributed by atoms with Crippen LogP contribution in [0.3, 0.4) is 0 Å². The van der Waals surface area contributed by atoms with Gasteiger partial charge in [0.15, 0.2) is 0 Å². The fraction of sp³-hybridized carbons (Fsp3) is 0. The van der Waals surface area contributed by atoms with Crippen LogP contribution in [-0.2, 0) is 0 Å². The second-order valence-electron chi connectivity index (χ2n) is 7.60. The van der Waals surface area contributed by atoms with Crippen LogP contribution in [-0.4, -0.2) is 24.2 Å². The summed E-state index contributed by atoms with van der Waals surface area (Å²) in [6, 6.07) is 28.6. The van der Waals surface area contributed by atoms with Gasteiger partial charge >= 0.3 is 0 Å². The molecule has 0 aliphatic rings. The number of hydrazone groups is 2. The summed E-state index contributed by atoms with van der Waals surface area (Å²) in [6.45, 7) is 0. The van der Waals surface area contributed by atoms with Gasteiger partial charge in [-0.1, -0.05) is 83.9 Å². The van der Waals surface area contributed by atoms with Crippen molar-refractivity contribution in [1.29, 1.82) is 0 Å². The van der Waals surface area contributed by atoms with E-state index >= 15 is 0 Å². The standard InChI is InChI=1S/C28H20Cl2N4O2/c29-25-7-3-1-5-23(25)17-31-33-27(35)21-13-9-19(10-14-21)20-11-15-22(16-12-20)28(36)34-32-18-24-6-2-4-8-26(24)30/h1-18H,(H,33,35)(H,34,36)/b31-17+,32-18+. The molecular weight excluding hydrogens is 495 g/mol. The Labute approximate surface area is 218 Å². The number of hydrogen-bond acceptors (Lipinski definition) is 4. The molecule has 0 atom stereocenters. The Kier molecular flexibility index (Phi) is 8.24. The first kappa shape index (κ1) is 24.9. The van der Waals surface area contributed by atoms with Crippen LogP contribution in [0.15, 0.2) is 107 Å². The number of nitrogens with one attached hydrogen (secondary N) is 2. The van der Waals surface area contributed by atoms with Gasteiger partial charge in [-0.15, -0.1) is 0 Å². The number of hydrogen-bond donors (Lipinski definition) is 2. The molecule has 36 heavy (non-hydrogen) atoms. The zero-order valence-corrected chi connectivity index (χ0v) is 20.4. The van der Waals surface area contributed by atoms with Crippen molar-refractivity contribution in [2.75, 3.05) is 0 Å². The summed E-state index contributed by atoms with van der Waals surface area (Å²) in [7, 11) is 0. The van der Waals surface area contributed by atoms with Crippen molar-refractivity contribution in [1.82, 2.24) is 10.9 Å². The van der Waals surface area contributed by atoms with Gasteiger partial charge in [0.2, 0.25) is 0 Å². The first-order valence-electron chi connectivity index (χ1n) is 10.9. The van der Waals surface area contributed by atoms with Crippen molar-refractivity contribution in [3.63, 3.8) is 0 Å². The van der Waals surface area contributed by atoms with Crippen molar-refractivity contribution in [3.8, 4) is 11.1 Å². The van der Waals surface area contributed by atoms with E-state index in [1.165, 1.54) is 12.4 Å². The third-order valence-corrected chi connectivity index (χ3v) is 5.87. The van der Waals surface area contributed by atoms with Crippen molar-refractivity contribution >= 4 is 47.4 Å². The van der Waals surface area contributed by atoms with E-state index in [1.807, 2.05) is 48.5 Å². The zero-order valence-electron chi connectivity index (χ0n) is 18.9. The molecule has 0 fully saturated rings.